The van der Waals surface area contributed by atoms with Crippen LogP contribution in [0.15, 0.2) is 30.3 Å². The van der Waals surface area contributed by atoms with Crippen LogP contribution in [-0.2, 0) is 4.79 Å². The normalized spacial score (nSPS) is 16.2. The van der Waals surface area contributed by atoms with Gasteiger partial charge in [-0.15, -0.1) is 0 Å². The van der Waals surface area contributed by atoms with E-state index in [0.29, 0.717) is 6.04 Å². The molecule has 1 rings (SSSR count). The Bertz CT molecular complexity index is 350. The first-order valence-electron chi connectivity index (χ1n) is 6.16. The second-order valence-corrected chi connectivity index (χ2v) is 4.56. The molecular formula is C14H22N2O. The minimum atomic E-state index is -0.313. The summed E-state index contributed by atoms with van der Waals surface area (Å²) in [7, 11) is 0. The molecule has 1 amide bonds. The second-order valence-electron chi connectivity index (χ2n) is 4.56. The predicted molar refractivity (Wildman–Crippen MR) is 70.7 cm³/mol. The highest BCUT2D eigenvalue weighted by molar-refractivity contribution is 5.81. The van der Waals surface area contributed by atoms with Crippen molar-refractivity contribution in [1.29, 1.82) is 0 Å². The van der Waals surface area contributed by atoms with Crippen molar-refractivity contribution in [3.8, 4) is 0 Å². The van der Waals surface area contributed by atoms with Gasteiger partial charge in [0.25, 0.3) is 0 Å². The highest BCUT2D eigenvalue weighted by Crippen LogP contribution is 2.19. The zero-order chi connectivity index (χ0) is 12.8. The summed E-state index contributed by atoms with van der Waals surface area (Å²) in [5.74, 6) is -0.204. The van der Waals surface area contributed by atoms with Crippen molar-refractivity contribution >= 4 is 5.91 Å². The number of amides is 1. The van der Waals surface area contributed by atoms with E-state index >= 15 is 0 Å². The molecule has 0 heterocycles. The molecule has 0 spiro atoms. The van der Waals surface area contributed by atoms with E-state index in [2.05, 4.69) is 19.2 Å². The van der Waals surface area contributed by atoms with Gasteiger partial charge in [0.1, 0.15) is 0 Å². The van der Waals surface area contributed by atoms with Gasteiger partial charge in [-0.05, 0) is 18.9 Å². The van der Waals surface area contributed by atoms with Crippen LogP contribution in [0.1, 0.15) is 38.7 Å². The van der Waals surface area contributed by atoms with Crippen molar-refractivity contribution in [2.24, 2.45) is 5.73 Å². The van der Waals surface area contributed by atoms with Gasteiger partial charge in [-0.3, -0.25) is 4.79 Å². The van der Waals surface area contributed by atoms with E-state index in [1.807, 2.05) is 37.3 Å². The molecule has 0 saturated carbocycles. The van der Waals surface area contributed by atoms with Crippen molar-refractivity contribution in [2.75, 3.05) is 0 Å². The van der Waals surface area contributed by atoms with E-state index in [1.54, 1.807) is 0 Å². The number of carbonyl (C=O) groups excluding carboxylic acids is 1. The van der Waals surface area contributed by atoms with Crippen LogP contribution < -0.4 is 11.1 Å². The maximum absolute atomic E-state index is 11.5. The van der Waals surface area contributed by atoms with E-state index in [9.17, 15) is 4.79 Å². The van der Waals surface area contributed by atoms with E-state index in [0.717, 1.165) is 12.0 Å². The molecule has 3 atom stereocenters. The van der Waals surface area contributed by atoms with Gasteiger partial charge in [-0.2, -0.15) is 0 Å². The molecule has 0 fully saturated rings. The lowest BCUT2D eigenvalue weighted by atomic mass is 9.92. The van der Waals surface area contributed by atoms with E-state index in [1.165, 1.54) is 0 Å². The molecule has 17 heavy (non-hydrogen) atoms. The average Bonchev–Trinajstić information content (AvgIpc) is 2.35. The Morgan fingerprint density at radius 3 is 2.35 bits per heavy atom. The highest BCUT2D eigenvalue weighted by atomic mass is 16.1. The predicted octanol–water partition coefficient (Wildman–Crippen LogP) is 2.03. The standard InChI is InChI=1S/C14H22N2O/c1-4-10(2)16-13(14(15)17)11(3)12-8-6-5-7-9-12/h5-11,13,16H,4H2,1-3H3,(H2,15,17). The molecule has 0 saturated heterocycles. The number of hydrogen-bond donors (Lipinski definition) is 2. The molecule has 1 aromatic rings. The third kappa shape index (κ3) is 3.86. The lowest BCUT2D eigenvalue weighted by Gasteiger charge is -2.25. The van der Waals surface area contributed by atoms with Gasteiger partial charge in [0.05, 0.1) is 6.04 Å². The van der Waals surface area contributed by atoms with Crippen LogP contribution in [0.25, 0.3) is 0 Å². The van der Waals surface area contributed by atoms with Crippen LogP contribution in [0.3, 0.4) is 0 Å². The Morgan fingerprint density at radius 2 is 1.88 bits per heavy atom. The number of rotatable bonds is 6. The maximum Gasteiger partial charge on any atom is 0.235 e. The average molecular weight is 234 g/mol. The monoisotopic (exact) mass is 234 g/mol. The van der Waals surface area contributed by atoms with Crippen LogP contribution in [0.2, 0.25) is 0 Å². The van der Waals surface area contributed by atoms with Gasteiger partial charge in [-0.1, -0.05) is 44.2 Å². The summed E-state index contributed by atoms with van der Waals surface area (Å²) < 4.78 is 0. The summed E-state index contributed by atoms with van der Waals surface area (Å²) in [5, 5.41) is 3.29. The molecule has 0 aliphatic carbocycles. The topological polar surface area (TPSA) is 55.1 Å². The third-order valence-corrected chi connectivity index (χ3v) is 3.21. The van der Waals surface area contributed by atoms with Gasteiger partial charge in [0.15, 0.2) is 0 Å². The zero-order valence-electron chi connectivity index (χ0n) is 10.8. The fraction of sp³-hybridized carbons (Fsp3) is 0.500. The second kappa shape index (κ2) is 6.40. The Balaban J connectivity index is 2.81. The Labute approximate surface area is 103 Å². The lowest BCUT2D eigenvalue weighted by molar-refractivity contribution is -0.120. The molecule has 0 bridgehead atoms. The minimum Gasteiger partial charge on any atom is -0.368 e. The molecule has 0 aliphatic heterocycles. The summed E-state index contributed by atoms with van der Waals surface area (Å²) in [6.07, 6.45) is 0.977. The number of nitrogens with two attached hydrogens (primary N) is 1. The molecule has 3 heteroatoms. The smallest absolute Gasteiger partial charge is 0.235 e. The van der Waals surface area contributed by atoms with Crippen LogP contribution in [0.5, 0.6) is 0 Å². The van der Waals surface area contributed by atoms with E-state index < -0.39 is 0 Å². The number of carbonyl (C=O) groups is 1. The Hall–Kier alpha value is -1.35. The SMILES string of the molecule is CCC(C)NC(C(N)=O)C(C)c1ccccc1. The van der Waals surface area contributed by atoms with Gasteiger partial charge in [0, 0.05) is 12.0 Å². The quantitative estimate of drug-likeness (QED) is 0.791. The number of hydrogen-bond acceptors (Lipinski definition) is 2. The zero-order valence-corrected chi connectivity index (χ0v) is 10.8. The summed E-state index contributed by atoms with van der Waals surface area (Å²) in [5.41, 5.74) is 6.61. The first-order chi connectivity index (χ1) is 8.06. The van der Waals surface area contributed by atoms with Crippen LogP contribution in [-0.4, -0.2) is 18.0 Å². The van der Waals surface area contributed by atoms with Gasteiger partial charge < -0.3 is 11.1 Å². The molecule has 3 N–H and O–H groups in total. The molecule has 0 aliphatic rings. The fourth-order valence-corrected chi connectivity index (χ4v) is 1.85. The molecule has 3 unspecified atom stereocenters. The molecule has 94 valence electrons. The Morgan fingerprint density at radius 1 is 1.29 bits per heavy atom. The number of nitrogens with one attached hydrogen (secondary N) is 1. The van der Waals surface area contributed by atoms with E-state index in [-0.39, 0.29) is 17.9 Å². The van der Waals surface area contributed by atoms with Crippen molar-refractivity contribution in [2.45, 2.75) is 45.2 Å². The summed E-state index contributed by atoms with van der Waals surface area (Å²) in [6.45, 7) is 6.18. The van der Waals surface area contributed by atoms with Crippen molar-refractivity contribution in [3.63, 3.8) is 0 Å². The van der Waals surface area contributed by atoms with E-state index in [4.69, 9.17) is 5.73 Å². The molecule has 3 nitrogen and oxygen atoms in total. The summed E-state index contributed by atoms with van der Waals surface area (Å²) >= 11 is 0. The van der Waals surface area contributed by atoms with Crippen LogP contribution >= 0.6 is 0 Å². The van der Waals surface area contributed by atoms with Crippen molar-refractivity contribution in [1.82, 2.24) is 5.32 Å². The maximum atomic E-state index is 11.5. The van der Waals surface area contributed by atoms with Crippen molar-refractivity contribution < 1.29 is 4.79 Å². The molecular weight excluding hydrogens is 212 g/mol. The first-order valence-corrected chi connectivity index (χ1v) is 6.16. The third-order valence-electron chi connectivity index (χ3n) is 3.21. The molecule has 1 aromatic carbocycles. The minimum absolute atomic E-state index is 0.0858. The first kappa shape index (κ1) is 13.7. The summed E-state index contributed by atoms with van der Waals surface area (Å²) in [4.78, 5) is 11.5. The Kier molecular flexibility index (Phi) is 5.16. The molecule has 0 radical (unpaired) electrons. The summed E-state index contributed by atoms with van der Waals surface area (Å²) in [6, 6.07) is 9.96. The lowest BCUT2D eigenvalue weighted by Crippen LogP contribution is -2.48. The largest absolute Gasteiger partial charge is 0.368 e. The number of benzene rings is 1. The van der Waals surface area contributed by atoms with Crippen LogP contribution in [0, 0.1) is 0 Å². The van der Waals surface area contributed by atoms with Crippen LogP contribution in [0.4, 0.5) is 0 Å². The fourth-order valence-electron chi connectivity index (χ4n) is 1.85. The van der Waals surface area contributed by atoms with Gasteiger partial charge >= 0.3 is 0 Å². The molecule has 0 aromatic heterocycles. The number of primary amides is 1. The van der Waals surface area contributed by atoms with Gasteiger partial charge in [0.2, 0.25) is 5.91 Å². The highest BCUT2D eigenvalue weighted by Gasteiger charge is 2.24. The van der Waals surface area contributed by atoms with Gasteiger partial charge in [-0.25, -0.2) is 0 Å². The van der Waals surface area contributed by atoms with Crippen molar-refractivity contribution in [3.05, 3.63) is 35.9 Å².